The summed E-state index contributed by atoms with van der Waals surface area (Å²) in [6, 6.07) is 14.2. The van der Waals surface area contributed by atoms with Gasteiger partial charge < -0.3 is 4.57 Å². The summed E-state index contributed by atoms with van der Waals surface area (Å²) in [6.45, 7) is 0.553. The average Bonchev–Trinajstić information content (AvgIpc) is 3.53. The van der Waals surface area contributed by atoms with E-state index < -0.39 is 0 Å². The van der Waals surface area contributed by atoms with Crippen LogP contribution in [0, 0.1) is 17.8 Å². The van der Waals surface area contributed by atoms with Gasteiger partial charge in [0.2, 0.25) is 4.96 Å². The number of fused-ring (bicyclic) bond motifs is 2. The van der Waals surface area contributed by atoms with E-state index in [1.165, 1.54) is 43.5 Å². The predicted octanol–water partition coefficient (Wildman–Crippen LogP) is 5.11. The van der Waals surface area contributed by atoms with Crippen LogP contribution < -0.4 is 0 Å². The first-order valence-corrected chi connectivity index (χ1v) is 13.1. The van der Waals surface area contributed by atoms with E-state index in [-0.39, 0.29) is 5.41 Å². The average molecular weight is 468 g/mol. The Labute approximate surface area is 200 Å². The van der Waals surface area contributed by atoms with Gasteiger partial charge in [-0.15, -0.1) is 10.2 Å². The number of aromatic nitrogens is 7. The fraction of sp³-hybridized carbons (Fsp3) is 0.423. The molecule has 0 saturated heterocycles. The van der Waals surface area contributed by atoms with Gasteiger partial charge in [-0.1, -0.05) is 29.5 Å². The van der Waals surface area contributed by atoms with Gasteiger partial charge in [0, 0.05) is 11.6 Å². The van der Waals surface area contributed by atoms with Crippen LogP contribution in [0.1, 0.15) is 49.4 Å². The number of imidazole rings is 1. The molecule has 0 unspecified atom stereocenters. The van der Waals surface area contributed by atoms with Crippen LogP contribution in [0.4, 0.5) is 0 Å². The predicted molar refractivity (Wildman–Crippen MR) is 131 cm³/mol. The second-order valence-electron chi connectivity index (χ2n) is 10.6. The number of pyridine rings is 1. The van der Waals surface area contributed by atoms with Crippen LogP contribution in [0.5, 0.6) is 0 Å². The van der Waals surface area contributed by atoms with E-state index in [0.717, 1.165) is 51.1 Å². The highest BCUT2D eigenvalue weighted by Gasteiger charge is 2.53. The molecule has 4 aliphatic carbocycles. The maximum absolute atomic E-state index is 5.19. The lowest BCUT2D eigenvalue weighted by molar-refractivity contribution is -0.00567. The molecule has 5 aromatic rings. The van der Waals surface area contributed by atoms with Gasteiger partial charge in [-0.25, -0.2) is 4.98 Å². The van der Waals surface area contributed by atoms with Gasteiger partial charge in [0.05, 0.1) is 17.6 Å². The van der Waals surface area contributed by atoms with Crippen molar-refractivity contribution in [3.8, 4) is 11.5 Å². The Kier molecular flexibility index (Phi) is 3.92. The lowest BCUT2D eigenvalue weighted by Gasteiger charge is -2.55. The molecule has 1 aromatic carbocycles. The highest BCUT2D eigenvalue weighted by atomic mass is 32.1. The van der Waals surface area contributed by atoms with Crippen LogP contribution in [-0.2, 0) is 12.0 Å². The van der Waals surface area contributed by atoms with Crippen molar-refractivity contribution in [2.45, 2.75) is 50.5 Å². The third-order valence-corrected chi connectivity index (χ3v) is 9.54. The van der Waals surface area contributed by atoms with Crippen molar-refractivity contribution in [1.29, 1.82) is 0 Å². The van der Waals surface area contributed by atoms with Crippen molar-refractivity contribution in [3.63, 3.8) is 0 Å². The number of nitrogens with zero attached hydrogens (tertiary/aromatic N) is 7. The Morgan fingerprint density at radius 3 is 2.44 bits per heavy atom. The maximum Gasteiger partial charge on any atom is 0.234 e. The van der Waals surface area contributed by atoms with Gasteiger partial charge in [0.15, 0.2) is 11.6 Å². The SMILES string of the molecule is c1ccc(-c2nc3ccccc3n2Cc2nnc3sc(C45CC6CC(CC(C6)C4)C5)nn23)nc1. The third-order valence-electron chi connectivity index (χ3n) is 8.40. The van der Waals surface area contributed by atoms with Crippen LogP contribution >= 0.6 is 11.3 Å². The largest absolute Gasteiger partial charge is 0.315 e. The topological polar surface area (TPSA) is 73.8 Å². The summed E-state index contributed by atoms with van der Waals surface area (Å²) < 4.78 is 4.19. The van der Waals surface area contributed by atoms with Gasteiger partial charge in [-0.2, -0.15) is 9.61 Å². The summed E-state index contributed by atoms with van der Waals surface area (Å²) in [5.74, 6) is 4.40. The van der Waals surface area contributed by atoms with Crippen LogP contribution in [0.2, 0.25) is 0 Å². The van der Waals surface area contributed by atoms with Gasteiger partial charge in [-0.3, -0.25) is 4.98 Å². The summed E-state index contributed by atoms with van der Waals surface area (Å²) in [5, 5.41) is 15.6. The van der Waals surface area contributed by atoms with E-state index >= 15 is 0 Å². The summed E-state index contributed by atoms with van der Waals surface area (Å²) in [4.78, 5) is 10.4. The zero-order chi connectivity index (χ0) is 22.3. The Balaban J connectivity index is 1.22. The molecule has 0 atom stereocenters. The zero-order valence-corrected chi connectivity index (χ0v) is 19.7. The summed E-state index contributed by atoms with van der Waals surface area (Å²) in [7, 11) is 0. The molecule has 4 fully saturated rings. The van der Waals surface area contributed by atoms with Crippen molar-refractivity contribution < 1.29 is 0 Å². The van der Waals surface area contributed by atoms with Crippen molar-refractivity contribution in [3.05, 3.63) is 59.5 Å². The molecule has 0 spiro atoms. The molecule has 4 heterocycles. The van der Waals surface area contributed by atoms with Gasteiger partial charge >= 0.3 is 0 Å². The molecule has 34 heavy (non-hydrogen) atoms. The van der Waals surface area contributed by atoms with Crippen molar-refractivity contribution in [2.24, 2.45) is 17.8 Å². The lowest BCUT2D eigenvalue weighted by Crippen LogP contribution is -2.48. The van der Waals surface area contributed by atoms with Crippen LogP contribution in [-0.4, -0.2) is 34.3 Å². The third kappa shape index (κ3) is 2.78. The molecule has 4 bridgehead atoms. The molecule has 0 radical (unpaired) electrons. The first-order chi connectivity index (χ1) is 16.7. The highest BCUT2D eigenvalue weighted by molar-refractivity contribution is 7.16. The molecule has 9 rings (SSSR count). The Bertz CT molecular complexity index is 1490. The first kappa shape index (κ1) is 19.2. The molecule has 7 nitrogen and oxygen atoms in total. The molecule has 170 valence electrons. The molecule has 4 aliphatic rings. The van der Waals surface area contributed by atoms with E-state index in [4.69, 9.17) is 10.1 Å². The van der Waals surface area contributed by atoms with Crippen molar-refractivity contribution in [2.75, 3.05) is 0 Å². The molecule has 4 aromatic heterocycles. The van der Waals surface area contributed by atoms with Crippen molar-refractivity contribution >= 4 is 27.3 Å². The number of benzene rings is 1. The van der Waals surface area contributed by atoms with E-state index in [9.17, 15) is 0 Å². The molecule has 0 aliphatic heterocycles. The number of para-hydroxylation sites is 2. The Morgan fingerprint density at radius 2 is 1.68 bits per heavy atom. The minimum Gasteiger partial charge on any atom is -0.315 e. The van der Waals surface area contributed by atoms with Crippen molar-refractivity contribution in [1.82, 2.24) is 34.3 Å². The minimum absolute atomic E-state index is 0.276. The zero-order valence-electron chi connectivity index (χ0n) is 18.8. The van der Waals surface area contributed by atoms with Gasteiger partial charge in [-0.05, 0) is 80.5 Å². The maximum atomic E-state index is 5.19. The van der Waals surface area contributed by atoms with Crippen LogP contribution in [0.3, 0.4) is 0 Å². The first-order valence-electron chi connectivity index (χ1n) is 12.3. The molecular formula is C26H25N7S. The number of hydrogen-bond donors (Lipinski definition) is 0. The lowest BCUT2D eigenvalue weighted by atomic mass is 9.50. The van der Waals surface area contributed by atoms with Crippen LogP contribution in [0.15, 0.2) is 48.7 Å². The molecule has 4 saturated carbocycles. The van der Waals surface area contributed by atoms with Gasteiger partial charge in [0.25, 0.3) is 0 Å². The second-order valence-corrected chi connectivity index (χ2v) is 11.6. The number of hydrogen-bond acceptors (Lipinski definition) is 6. The quantitative estimate of drug-likeness (QED) is 0.367. The molecule has 0 amide bonds. The summed E-state index contributed by atoms with van der Waals surface area (Å²) in [6.07, 6.45) is 10.1. The molecule has 8 heteroatoms. The molecule has 0 N–H and O–H groups in total. The van der Waals surface area contributed by atoms with E-state index in [1.54, 1.807) is 11.3 Å². The summed E-state index contributed by atoms with van der Waals surface area (Å²) in [5.41, 5.74) is 3.15. The minimum atomic E-state index is 0.276. The fourth-order valence-electron chi connectivity index (χ4n) is 7.41. The van der Waals surface area contributed by atoms with Gasteiger partial charge in [0.1, 0.15) is 10.7 Å². The van der Waals surface area contributed by atoms with Crippen LogP contribution in [0.25, 0.3) is 27.5 Å². The Morgan fingerprint density at radius 1 is 0.912 bits per heavy atom. The van der Waals surface area contributed by atoms with E-state index in [2.05, 4.69) is 31.9 Å². The highest BCUT2D eigenvalue weighted by Crippen LogP contribution is 2.61. The fourth-order valence-corrected chi connectivity index (χ4v) is 8.49. The Hall–Kier alpha value is -3.13. The summed E-state index contributed by atoms with van der Waals surface area (Å²) >= 11 is 1.76. The normalized spacial score (nSPS) is 27.8. The monoisotopic (exact) mass is 467 g/mol. The van der Waals surface area contributed by atoms with E-state index in [1.807, 2.05) is 41.0 Å². The second kappa shape index (κ2) is 6.95. The molecular weight excluding hydrogens is 442 g/mol. The van der Waals surface area contributed by atoms with E-state index in [0.29, 0.717) is 6.54 Å². The smallest absolute Gasteiger partial charge is 0.234 e. The number of rotatable bonds is 4. The standard InChI is InChI=1S/C26H25N7S/c1-2-7-21-19(5-1)28-23(20-6-3-4-8-27-20)32(21)15-22-29-30-25-33(22)31-24(34-25)26-12-16-9-17(13-26)11-18(10-16)14-26/h1-8,16-18H,9-15H2.